The molecule has 0 aliphatic heterocycles. The van der Waals surface area contributed by atoms with Crippen LogP contribution in [0.15, 0.2) is 30.7 Å². The van der Waals surface area contributed by atoms with Crippen LogP contribution in [0.4, 0.5) is 0 Å². The summed E-state index contributed by atoms with van der Waals surface area (Å²) in [4.78, 5) is 4.22. The van der Waals surface area contributed by atoms with Crippen LogP contribution in [0.2, 0.25) is 0 Å². The number of hydrogen-bond donors (Lipinski definition) is 0. The molecule has 0 saturated carbocycles. The maximum atomic E-state index is 4.22. The first-order chi connectivity index (χ1) is 6.40. The minimum Gasteiger partial charge on any atom is -0.237 e. The molecular formula is C8H7BrN4. The maximum Gasteiger partial charge on any atom is 0.155 e. The Morgan fingerprint density at radius 2 is 2.31 bits per heavy atom. The van der Waals surface area contributed by atoms with Crippen LogP contribution in [0.5, 0.6) is 0 Å². The summed E-state index contributed by atoms with van der Waals surface area (Å²) in [6.45, 7) is 0. The molecule has 5 heteroatoms. The molecule has 2 aromatic rings. The van der Waals surface area contributed by atoms with Gasteiger partial charge in [0.15, 0.2) is 5.82 Å². The number of nitrogens with zero attached hydrogens (tertiary/aromatic N) is 4. The van der Waals surface area contributed by atoms with E-state index < -0.39 is 0 Å². The highest BCUT2D eigenvalue weighted by Gasteiger charge is 1.97. The summed E-state index contributed by atoms with van der Waals surface area (Å²) in [5, 5.41) is 8.36. The van der Waals surface area contributed by atoms with Gasteiger partial charge in [0.2, 0.25) is 0 Å². The molecule has 4 nitrogen and oxygen atoms in total. The van der Waals surface area contributed by atoms with Crippen LogP contribution in [0, 0.1) is 0 Å². The number of alkyl halides is 1. The molecule has 2 heterocycles. The first kappa shape index (κ1) is 8.37. The van der Waals surface area contributed by atoms with Crippen molar-refractivity contribution in [3.8, 4) is 5.82 Å². The van der Waals surface area contributed by atoms with Gasteiger partial charge >= 0.3 is 0 Å². The van der Waals surface area contributed by atoms with Crippen LogP contribution in [0.25, 0.3) is 5.82 Å². The zero-order valence-electron chi connectivity index (χ0n) is 6.76. The summed E-state index contributed by atoms with van der Waals surface area (Å²) in [5.41, 5.74) is 1.14. The Morgan fingerprint density at radius 3 is 2.85 bits per heavy atom. The number of aromatic nitrogens is 4. The summed E-state index contributed by atoms with van der Waals surface area (Å²) in [6, 6.07) is 3.91. The summed E-state index contributed by atoms with van der Waals surface area (Å²) in [6.07, 6.45) is 5.20. The Kier molecular flexibility index (Phi) is 2.35. The van der Waals surface area contributed by atoms with Gasteiger partial charge in [0, 0.05) is 11.5 Å². The number of hydrogen-bond acceptors (Lipinski definition) is 3. The van der Waals surface area contributed by atoms with E-state index in [-0.39, 0.29) is 0 Å². The minimum absolute atomic E-state index is 0.780. The lowest BCUT2D eigenvalue weighted by molar-refractivity contribution is 0.780. The van der Waals surface area contributed by atoms with Crippen molar-refractivity contribution in [1.82, 2.24) is 20.0 Å². The van der Waals surface area contributed by atoms with Crippen molar-refractivity contribution in [2.45, 2.75) is 5.33 Å². The molecule has 0 saturated heterocycles. The van der Waals surface area contributed by atoms with E-state index in [2.05, 4.69) is 31.2 Å². The standard InChI is InChI=1S/C8H7BrN4/c9-5-7-1-2-8(10-6-7)13-4-3-11-12-13/h1-4,6H,5H2. The van der Waals surface area contributed by atoms with Crippen LogP contribution in [0.1, 0.15) is 5.56 Å². The fraction of sp³-hybridized carbons (Fsp3) is 0.125. The monoisotopic (exact) mass is 238 g/mol. The third-order valence-electron chi connectivity index (χ3n) is 1.62. The topological polar surface area (TPSA) is 43.6 Å². The predicted octanol–water partition coefficient (Wildman–Crippen LogP) is 1.56. The first-order valence-corrected chi connectivity index (χ1v) is 4.90. The lowest BCUT2D eigenvalue weighted by Crippen LogP contribution is -1.98. The molecule has 0 aromatic carbocycles. The Balaban J connectivity index is 2.33. The van der Waals surface area contributed by atoms with Crippen molar-refractivity contribution in [2.24, 2.45) is 0 Å². The highest BCUT2D eigenvalue weighted by Crippen LogP contribution is 2.06. The Morgan fingerprint density at radius 1 is 1.38 bits per heavy atom. The molecule has 0 N–H and O–H groups in total. The van der Waals surface area contributed by atoms with Gasteiger partial charge in [-0.2, -0.15) is 0 Å². The number of rotatable bonds is 2. The molecule has 0 aliphatic rings. The van der Waals surface area contributed by atoms with Crippen LogP contribution in [-0.4, -0.2) is 20.0 Å². The van der Waals surface area contributed by atoms with Crippen LogP contribution in [0.3, 0.4) is 0 Å². The molecule has 13 heavy (non-hydrogen) atoms. The van der Waals surface area contributed by atoms with Gasteiger partial charge in [0.25, 0.3) is 0 Å². The average Bonchev–Trinajstić information content (AvgIpc) is 2.71. The molecule has 0 bridgehead atoms. The van der Waals surface area contributed by atoms with Crippen LogP contribution in [-0.2, 0) is 5.33 Å². The van der Waals surface area contributed by atoms with Crippen molar-refractivity contribution in [3.63, 3.8) is 0 Å². The highest BCUT2D eigenvalue weighted by molar-refractivity contribution is 9.08. The zero-order valence-corrected chi connectivity index (χ0v) is 8.35. The Bertz CT molecular complexity index is 368. The van der Waals surface area contributed by atoms with Gasteiger partial charge in [-0.15, -0.1) is 5.10 Å². The van der Waals surface area contributed by atoms with E-state index in [0.29, 0.717) is 0 Å². The van der Waals surface area contributed by atoms with Crippen molar-refractivity contribution < 1.29 is 0 Å². The Hall–Kier alpha value is -1.23. The number of pyridine rings is 1. The fourth-order valence-corrected chi connectivity index (χ4v) is 1.29. The molecule has 0 fully saturated rings. The molecule has 2 aromatic heterocycles. The van der Waals surface area contributed by atoms with Crippen molar-refractivity contribution in [1.29, 1.82) is 0 Å². The molecule has 66 valence electrons. The summed E-state index contributed by atoms with van der Waals surface area (Å²) in [5.74, 6) is 0.780. The average molecular weight is 239 g/mol. The third-order valence-corrected chi connectivity index (χ3v) is 2.27. The molecule has 0 unspecified atom stereocenters. The zero-order chi connectivity index (χ0) is 9.10. The van der Waals surface area contributed by atoms with Gasteiger partial charge in [-0.3, -0.25) is 0 Å². The normalized spacial score (nSPS) is 10.2. The van der Waals surface area contributed by atoms with Gasteiger partial charge in [-0.05, 0) is 11.6 Å². The second-order valence-corrected chi connectivity index (χ2v) is 3.07. The van der Waals surface area contributed by atoms with E-state index in [0.717, 1.165) is 16.7 Å². The summed E-state index contributed by atoms with van der Waals surface area (Å²) in [7, 11) is 0. The van der Waals surface area contributed by atoms with E-state index in [1.54, 1.807) is 17.1 Å². The van der Waals surface area contributed by atoms with Gasteiger partial charge in [0.05, 0.1) is 12.4 Å². The fourth-order valence-electron chi connectivity index (χ4n) is 0.962. The molecule has 0 aliphatic carbocycles. The smallest absolute Gasteiger partial charge is 0.155 e. The van der Waals surface area contributed by atoms with Gasteiger partial charge in [-0.1, -0.05) is 27.2 Å². The SMILES string of the molecule is BrCc1ccc(-n2ccnn2)nc1. The minimum atomic E-state index is 0.780. The maximum absolute atomic E-state index is 4.22. The predicted molar refractivity (Wildman–Crippen MR) is 51.8 cm³/mol. The molecule has 0 spiro atoms. The van der Waals surface area contributed by atoms with E-state index in [1.165, 1.54) is 0 Å². The van der Waals surface area contributed by atoms with Crippen LogP contribution < -0.4 is 0 Å². The van der Waals surface area contributed by atoms with E-state index >= 15 is 0 Å². The first-order valence-electron chi connectivity index (χ1n) is 3.78. The van der Waals surface area contributed by atoms with E-state index in [1.807, 2.05) is 18.3 Å². The summed E-state index contributed by atoms with van der Waals surface area (Å²) >= 11 is 3.36. The second-order valence-electron chi connectivity index (χ2n) is 2.51. The van der Waals surface area contributed by atoms with Crippen molar-refractivity contribution in [3.05, 3.63) is 36.3 Å². The van der Waals surface area contributed by atoms with Crippen molar-refractivity contribution in [2.75, 3.05) is 0 Å². The summed E-state index contributed by atoms with van der Waals surface area (Å²) < 4.78 is 1.62. The quantitative estimate of drug-likeness (QED) is 0.747. The van der Waals surface area contributed by atoms with E-state index in [9.17, 15) is 0 Å². The lowest BCUT2D eigenvalue weighted by atomic mass is 10.3. The highest BCUT2D eigenvalue weighted by atomic mass is 79.9. The molecule has 0 amide bonds. The van der Waals surface area contributed by atoms with Gasteiger partial charge in [-0.25, -0.2) is 9.67 Å². The number of halogens is 1. The molecule has 0 atom stereocenters. The third kappa shape index (κ3) is 1.75. The molecule has 0 radical (unpaired) electrons. The lowest BCUT2D eigenvalue weighted by Gasteiger charge is -1.99. The van der Waals surface area contributed by atoms with E-state index in [4.69, 9.17) is 0 Å². The van der Waals surface area contributed by atoms with Gasteiger partial charge in [0.1, 0.15) is 0 Å². The van der Waals surface area contributed by atoms with Crippen molar-refractivity contribution >= 4 is 15.9 Å². The molecule has 2 rings (SSSR count). The largest absolute Gasteiger partial charge is 0.237 e. The second kappa shape index (κ2) is 3.66. The van der Waals surface area contributed by atoms with Gasteiger partial charge < -0.3 is 0 Å². The molecular weight excluding hydrogens is 232 g/mol. The van der Waals surface area contributed by atoms with Crippen LogP contribution >= 0.6 is 15.9 Å². The Labute approximate surface area is 83.7 Å².